The van der Waals surface area contributed by atoms with E-state index in [1.54, 1.807) is 18.4 Å². The van der Waals surface area contributed by atoms with E-state index in [2.05, 4.69) is 0 Å². The first-order chi connectivity index (χ1) is 4.97. The smallest absolute Gasteiger partial charge is 0.299 e. The average molecular weight is 138 g/mol. The van der Waals surface area contributed by atoms with Crippen molar-refractivity contribution in [2.24, 2.45) is 0 Å². The van der Waals surface area contributed by atoms with Gasteiger partial charge < -0.3 is 13.9 Å². The van der Waals surface area contributed by atoms with E-state index in [9.17, 15) is 0 Å². The summed E-state index contributed by atoms with van der Waals surface area (Å²) in [6, 6.07) is 3.60. The van der Waals surface area contributed by atoms with Crippen molar-refractivity contribution in [2.45, 2.75) is 6.29 Å². The van der Waals surface area contributed by atoms with Crippen molar-refractivity contribution in [3.63, 3.8) is 0 Å². The largest absolute Gasteiger partial charge is 0.461 e. The van der Waals surface area contributed by atoms with Gasteiger partial charge in [0.2, 0.25) is 0 Å². The Balaban J connectivity index is 2.14. The summed E-state index contributed by atoms with van der Waals surface area (Å²) in [5.41, 5.74) is 0. The molecule has 0 bridgehead atoms. The minimum absolute atomic E-state index is 0.380. The molecule has 0 amide bonds. The standard InChI is InChI=1S/C7H6O3/c1-2-6(8-3-1)7-9-4-5-10-7/h1-5,7H. The van der Waals surface area contributed by atoms with E-state index in [1.807, 2.05) is 0 Å². The van der Waals surface area contributed by atoms with E-state index in [4.69, 9.17) is 13.9 Å². The van der Waals surface area contributed by atoms with E-state index < -0.39 is 0 Å². The van der Waals surface area contributed by atoms with Gasteiger partial charge in [-0.25, -0.2) is 0 Å². The zero-order valence-corrected chi connectivity index (χ0v) is 5.19. The van der Waals surface area contributed by atoms with Gasteiger partial charge in [0.05, 0.1) is 6.26 Å². The molecule has 0 aliphatic carbocycles. The molecule has 1 aliphatic rings. The zero-order chi connectivity index (χ0) is 6.81. The molecule has 0 fully saturated rings. The molecule has 1 aliphatic heterocycles. The van der Waals surface area contributed by atoms with E-state index in [0.717, 1.165) is 0 Å². The van der Waals surface area contributed by atoms with Gasteiger partial charge >= 0.3 is 0 Å². The number of furan rings is 1. The van der Waals surface area contributed by atoms with Crippen LogP contribution in [0.2, 0.25) is 0 Å². The van der Waals surface area contributed by atoms with E-state index in [-0.39, 0.29) is 6.29 Å². The lowest BCUT2D eigenvalue weighted by Crippen LogP contribution is -1.94. The molecule has 3 heteroatoms. The lowest BCUT2D eigenvalue weighted by molar-refractivity contribution is -0.0404. The molecule has 1 aromatic rings. The maximum atomic E-state index is 5.03. The molecule has 2 rings (SSSR count). The lowest BCUT2D eigenvalue weighted by Gasteiger charge is -2.04. The minimum Gasteiger partial charge on any atom is -0.461 e. The van der Waals surface area contributed by atoms with Crippen LogP contribution in [-0.4, -0.2) is 0 Å². The second kappa shape index (κ2) is 2.10. The van der Waals surface area contributed by atoms with Crippen LogP contribution in [0.25, 0.3) is 0 Å². The van der Waals surface area contributed by atoms with Crippen molar-refractivity contribution in [3.8, 4) is 0 Å². The Morgan fingerprint density at radius 1 is 1.20 bits per heavy atom. The first kappa shape index (κ1) is 5.41. The van der Waals surface area contributed by atoms with Gasteiger partial charge in [0.15, 0.2) is 5.76 Å². The fourth-order valence-electron chi connectivity index (χ4n) is 0.798. The SMILES string of the molecule is C1=COC(c2ccco2)O1. The van der Waals surface area contributed by atoms with Crippen molar-refractivity contribution < 1.29 is 13.9 Å². The second-order valence-corrected chi connectivity index (χ2v) is 1.89. The molecule has 2 heterocycles. The van der Waals surface area contributed by atoms with Crippen LogP contribution in [0.15, 0.2) is 35.3 Å². The third-order valence-corrected chi connectivity index (χ3v) is 1.24. The highest BCUT2D eigenvalue weighted by molar-refractivity contribution is 5.01. The maximum Gasteiger partial charge on any atom is 0.299 e. The van der Waals surface area contributed by atoms with Gasteiger partial charge in [-0.3, -0.25) is 0 Å². The first-order valence-electron chi connectivity index (χ1n) is 2.96. The summed E-state index contributed by atoms with van der Waals surface area (Å²) >= 11 is 0. The molecule has 0 aromatic carbocycles. The Morgan fingerprint density at radius 2 is 2.00 bits per heavy atom. The molecule has 0 saturated carbocycles. The number of hydrogen-bond donors (Lipinski definition) is 0. The monoisotopic (exact) mass is 138 g/mol. The van der Waals surface area contributed by atoms with Gasteiger partial charge in [0.1, 0.15) is 12.5 Å². The van der Waals surface area contributed by atoms with Gasteiger partial charge in [-0.15, -0.1) is 0 Å². The summed E-state index contributed by atoms with van der Waals surface area (Å²) in [6.45, 7) is 0. The molecule has 0 saturated heterocycles. The van der Waals surface area contributed by atoms with Crippen molar-refractivity contribution in [1.29, 1.82) is 0 Å². The molecule has 0 N–H and O–H groups in total. The molecule has 0 radical (unpaired) electrons. The van der Waals surface area contributed by atoms with E-state index in [1.165, 1.54) is 12.5 Å². The van der Waals surface area contributed by atoms with Crippen molar-refractivity contribution >= 4 is 0 Å². The predicted octanol–water partition coefficient (Wildman–Crippen LogP) is 1.80. The summed E-state index contributed by atoms with van der Waals surface area (Å²) < 4.78 is 15.0. The Bertz CT molecular complexity index is 217. The maximum absolute atomic E-state index is 5.03. The third-order valence-electron chi connectivity index (χ3n) is 1.24. The van der Waals surface area contributed by atoms with Crippen LogP contribution < -0.4 is 0 Å². The Labute approximate surface area is 57.9 Å². The predicted molar refractivity (Wildman–Crippen MR) is 32.8 cm³/mol. The van der Waals surface area contributed by atoms with Gasteiger partial charge in [-0.1, -0.05) is 0 Å². The van der Waals surface area contributed by atoms with Crippen molar-refractivity contribution in [1.82, 2.24) is 0 Å². The van der Waals surface area contributed by atoms with Crippen molar-refractivity contribution in [3.05, 3.63) is 36.7 Å². The quantitative estimate of drug-likeness (QED) is 0.592. The lowest BCUT2D eigenvalue weighted by atomic mass is 10.4. The zero-order valence-electron chi connectivity index (χ0n) is 5.19. The van der Waals surface area contributed by atoms with Crippen molar-refractivity contribution in [2.75, 3.05) is 0 Å². The van der Waals surface area contributed by atoms with E-state index >= 15 is 0 Å². The van der Waals surface area contributed by atoms with Crippen LogP contribution in [0, 0.1) is 0 Å². The number of hydrogen-bond acceptors (Lipinski definition) is 3. The molecular formula is C7H6O3. The van der Waals surface area contributed by atoms with Crippen LogP contribution in [-0.2, 0) is 9.47 Å². The highest BCUT2D eigenvalue weighted by atomic mass is 16.7. The highest BCUT2D eigenvalue weighted by Gasteiger charge is 2.17. The molecule has 3 nitrogen and oxygen atoms in total. The van der Waals surface area contributed by atoms with Gasteiger partial charge in [-0.05, 0) is 12.1 Å². The van der Waals surface area contributed by atoms with Crippen LogP contribution in [0.3, 0.4) is 0 Å². The Morgan fingerprint density at radius 3 is 2.60 bits per heavy atom. The molecule has 52 valence electrons. The summed E-state index contributed by atoms with van der Waals surface area (Å²) in [5.74, 6) is 0.685. The highest BCUT2D eigenvalue weighted by Crippen LogP contribution is 2.23. The molecule has 1 aromatic heterocycles. The minimum atomic E-state index is -0.380. The molecule has 0 unspecified atom stereocenters. The van der Waals surface area contributed by atoms with Gasteiger partial charge in [0.25, 0.3) is 6.29 Å². The Hall–Kier alpha value is -1.38. The van der Waals surface area contributed by atoms with Gasteiger partial charge in [0, 0.05) is 0 Å². The number of ether oxygens (including phenoxy) is 2. The van der Waals surface area contributed by atoms with Crippen LogP contribution in [0.1, 0.15) is 12.1 Å². The average Bonchev–Trinajstić information content (AvgIpc) is 2.59. The number of rotatable bonds is 1. The van der Waals surface area contributed by atoms with E-state index in [0.29, 0.717) is 5.76 Å². The fraction of sp³-hybridized carbons (Fsp3) is 0.143. The second-order valence-electron chi connectivity index (χ2n) is 1.89. The van der Waals surface area contributed by atoms with Crippen LogP contribution in [0.5, 0.6) is 0 Å². The molecule has 0 atom stereocenters. The topological polar surface area (TPSA) is 31.6 Å². The molecule has 10 heavy (non-hydrogen) atoms. The van der Waals surface area contributed by atoms with Crippen LogP contribution in [0.4, 0.5) is 0 Å². The summed E-state index contributed by atoms with van der Waals surface area (Å²) in [6.07, 6.45) is 4.19. The normalized spacial score (nSPS) is 16.8. The van der Waals surface area contributed by atoms with Crippen LogP contribution >= 0.6 is 0 Å². The summed E-state index contributed by atoms with van der Waals surface area (Å²) in [5, 5.41) is 0. The molecule has 0 spiro atoms. The Kier molecular flexibility index (Phi) is 1.13. The third kappa shape index (κ3) is 0.757. The fourth-order valence-corrected chi connectivity index (χ4v) is 0.798. The first-order valence-corrected chi connectivity index (χ1v) is 2.96. The summed E-state index contributed by atoms with van der Waals surface area (Å²) in [7, 11) is 0. The molecular weight excluding hydrogens is 132 g/mol. The summed E-state index contributed by atoms with van der Waals surface area (Å²) in [4.78, 5) is 0. The van der Waals surface area contributed by atoms with Gasteiger partial charge in [-0.2, -0.15) is 0 Å².